The Labute approximate surface area is 103 Å². The maximum Gasteiger partial charge on any atom is 0.335 e. The molecule has 0 saturated carbocycles. The number of ether oxygens (including phenoxy) is 1. The van der Waals surface area contributed by atoms with Crippen LogP contribution in [-0.4, -0.2) is 34.3 Å². The van der Waals surface area contributed by atoms with Crippen LogP contribution in [0.2, 0.25) is 0 Å². The van der Waals surface area contributed by atoms with E-state index in [-0.39, 0.29) is 5.56 Å². The summed E-state index contributed by atoms with van der Waals surface area (Å²) in [5.41, 5.74) is 0.871. The van der Waals surface area contributed by atoms with Gasteiger partial charge >= 0.3 is 5.97 Å². The highest BCUT2D eigenvalue weighted by molar-refractivity contribution is 7.85. The summed E-state index contributed by atoms with van der Waals surface area (Å²) in [6, 6.07) is 4.85. The van der Waals surface area contributed by atoms with Crippen molar-refractivity contribution in [3.63, 3.8) is 0 Å². The largest absolute Gasteiger partial charge is 0.478 e. The Morgan fingerprint density at radius 2 is 2.18 bits per heavy atom. The van der Waals surface area contributed by atoms with Crippen molar-refractivity contribution in [1.82, 2.24) is 0 Å². The van der Waals surface area contributed by atoms with E-state index >= 15 is 0 Å². The van der Waals surface area contributed by atoms with Crippen LogP contribution >= 0.6 is 0 Å². The van der Waals surface area contributed by atoms with E-state index in [2.05, 4.69) is 0 Å². The topological polar surface area (TPSA) is 63.6 Å². The zero-order valence-electron chi connectivity index (χ0n) is 9.93. The third-order valence-electron chi connectivity index (χ3n) is 2.32. The summed E-state index contributed by atoms with van der Waals surface area (Å²) in [5, 5.41) is 8.96. The molecule has 0 aromatic heterocycles. The summed E-state index contributed by atoms with van der Waals surface area (Å²) in [7, 11) is -1.21. The van der Waals surface area contributed by atoms with Gasteiger partial charge < -0.3 is 9.84 Å². The second-order valence-corrected chi connectivity index (χ2v) is 5.10. The second kappa shape index (κ2) is 6.51. The number of carbonyl (C=O) groups is 1. The Balaban J connectivity index is 2.81. The number of hydrogen-bond acceptors (Lipinski definition) is 3. The summed E-state index contributed by atoms with van der Waals surface area (Å²) in [4.78, 5) is 11.5. The minimum absolute atomic E-state index is 0.201. The Bertz CT molecular complexity index is 429. The molecule has 0 aliphatic carbocycles. The lowest BCUT2D eigenvalue weighted by Crippen LogP contribution is -2.08. The van der Waals surface area contributed by atoms with Crippen LogP contribution in [0.25, 0.3) is 0 Å². The third-order valence-corrected chi connectivity index (χ3v) is 3.64. The number of carboxylic acids is 1. The average Bonchev–Trinajstić information content (AvgIpc) is 2.29. The van der Waals surface area contributed by atoms with Crippen LogP contribution in [0.4, 0.5) is 0 Å². The summed E-state index contributed by atoms with van der Waals surface area (Å²) >= 11 is 0. The molecule has 0 fully saturated rings. The Hall–Kier alpha value is -1.20. The summed E-state index contributed by atoms with van der Waals surface area (Å²) in [6.45, 7) is 4.60. The van der Waals surface area contributed by atoms with Crippen LogP contribution < -0.4 is 0 Å². The van der Waals surface area contributed by atoms with Crippen molar-refractivity contribution in [2.75, 3.05) is 19.0 Å². The molecular formula is C12H16O4S. The highest BCUT2D eigenvalue weighted by atomic mass is 32.2. The molecule has 1 aromatic rings. The monoisotopic (exact) mass is 256 g/mol. The highest BCUT2D eigenvalue weighted by Crippen LogP contribution is 2.14. The molecule has 0 radical (unpaired) electrons. The molecule has 17 heavy (non-hydrogen) atoms. The van der Waals surface area contributed by atoms with Gasteiger partial charge in [-0.15, -0.1) is 0 Å². The molecule has 0 bridgehead atoms. The molecule has 0 amide bonds. The van der Waals surface area contributed by atoms with Crippen LogP contribution in [0.3, 0.4) is 0 Å². The van der Waals surface area contributed by atoms with E-state index in [9.17, 15) is 9.00 Å². The van der Waals surface area contributed by atoms with E-state index < -0.39 is 16.8 Å². The molecule has 1 N–H and O–H groups in total. The fraction of sp³-hybridized carbons (Fsp3) is 0.417. The molecule has 0 saturated heterocycles. The maximum absolute atomic E-state index is 11.8. The van der Waals surface area contributed by atoms with Crippen LogP contribution in [0.15, 0.2) is 23.1 Å². The van der Waals surface area contributed by atoms with Crippen molar-refractivity contribution in [2.45, 2.75) is 18.7 Å². The van der Waals surface area contributed by atoms with E-state index in [1.807, 2.05) is 6.92 Å². The molecular weight excluding hydrogens is 240 g/mol. The van der Waals surface area contributed by atoms with Crippen molar-refractivity contribution in [2.24, 2.45) is 0 Å². The number of benzene rings is 1. The third kappa shape index (κ3) is 3.94. The molecule has 1 rings (SSSR count). The molecule has 1 aromatic carbocycles. The smallest absolute Gasteiger partial charge is 0.335 e. The Morgan fingerprint density at radius 3 is 2.76 bits per heavy atom. The highest BCUT2D eigenvalue weighted by Gasteiger charge is 2.11. The minimum atomic E-state index is -1.21. The van der Waals surface area contributed by atoms with Gasteiger partial charge in [0.05, 0.1) is 28.7 Å². The molecule has 0 heterocycles. The first kappa shape index (κ1) is 13.9. The van der Waals surface area contributed by atoms with Gasteiger partial charge in [0.2, 0.25) is 0 Å². The fourth-order valence-electron chi connectivity index (χ4n) is 1.37. The molecule has 1 unspecified atom stereocenters. The van der Waals surface area contributed by atoms with Gasteiger partial charge in [-0.05, 0) is 31.5 Å². The van der Waals surface area contributed by atoms with Gasteiger partial charge in [0, 0.05) is 11.5 Å². The van der Waals surface area contributed by atoms with Gasteiger partial charge in [-0.1, -0.05) is 6.07 Å². The van der Waals surface area contributed by atoms with E-state index in [4.69, 9.17) is 9.84 Å². The van der Waals surface area contributed by atoms with Gasteiger partial charge in [0.15, 0.2) is 0 Å². The van der Waals surface area contributed by atoms with Crippen molar-refractivity contribution in [3.8, 4) is 0 Å². The standard InChI is InChI=1S/C12H16O4S/c1-3-16-6-7-17(15)10-5-4-9(2)11(8-10)12(13)14/h4-5,8H,3,6-7H2,1-2H3,(H,13,14). The van der Waals surface area contributed by atoms with E-state index in [0.717, 1.165) is 0 Å². The lowest BCUT2D eigenvalue weighted by Gasteiger charge is -2.06. The average molecular weight is 256 g/mol. The molecule has 0 aliphatic rings. The minimum Gasteiger partial charge on any atom is -0.478 e. The van der Waals surface area contributed by atoms with Crippen LogP contribution in [0.1, 0.15) is 22.8 Å². The normalized spacial score (nSPS) is 12.4. The van der Waals surface area contributed by atoms with E-state index in [0.29, 0.717) is 29.4 Å². The van der Waals surface area contributed by atoms with Crippen molar-refractivity contribution >= 4 is 16.8 Å². The first-order valence-electron chi connectivity index (χ1n) is 5.36. The summed E-state index contributed by atoms with van der Waals surface area (Å²) < 4.78 is 17.0. The number of hydrogen-bond donors (Lipinski definition) is 1. The van der Waals surface area contributed by atoms with Crippen LogP contribution in [0.5, 0.6) is 0 Å². The van der Waals surface area contributed by atoms with Gasteiger partial charge in [0.25, 0.3) is 0 Å². The van der Waals surface area contributed by atoms with Gasteiger partial charge in [0.1, 0.15) is 0 Å². The zero-order chi connectivity index (χ0) is 12.8. The van der Waals surface area contributed by atoms with Crippen molar-refractivity contribution < 1.29 is 18.8 Å². The molecule has 5 heteroatoms. The van der Waals surface area contributed by atoms with Crippen molar-refractivity contribution in [1.29, 1.82) is 0 Å². The molecule has 1 atom stereocenters. The summed E-state index contributed by atoms with van der Waals surface area (Å²) in [6.07, 6.45) is 0. The first-order chi connectivity index (χ1) is 8.06. The predicted molar refractivity (Wildman–Crippen MR) is 65.9 cm³/mol. The number of rotatable bonds is 6. The quantitative estimate of drug-likeness (QED) is 0.789. The lowest BCUT2D eigenvalue weighted by molar-refractivity contribution is 0.0696. The summed E-state index contributed by atoms with van der Waals surface area (Å²) in [5.74, 6) is -0.609. The first-order valence-corrected chi connectivity index (χ1v) is 6.68. The zero-order valence-corrected chi connectivity index (χ0v) is 10.8. The Morgan fingerprint density at radius 1 is 1.47 bits per heavy atom. The molecule has 0 aliphatic heterocycles. The second-order valence-electron chi connectivity index (χ2n) is 3.53. The maximum atomic E-state index is 11.8. The number of aryl methyl sites for hydroxylation is 1. The van der Waals surface area contributed by atoms with Crippen molar-refractivity contribution in [3.05, 3.63) is 29.3 Å². The molecule has 0 spiro atoms. The SMILES string of the molecule is CCOCCS(=O)c1ccc(C)c(C(=O)O)c1. The van der Waals surface area contributed by atoms with E-state index in [1.54, 1.807) is 19.1 Å². The Kier molecular flexibility index (Phi) is 5.31. The lowest BCUT2D eigenvalue weighted by atomic mass is 10.1. The van der Waals surface area contributed by atoms with Crippen LogP contribution in [0, 0.1) is 6.92 Å². The predicted octanol–water partition coefficient (Wildman–Crippen LogP) is 1.84. The molecule has 94 valence electrons. The van der Waals surface area contributed by atoms with Crippen LogP contribution in [-0.2, 0) is 15.5 Å². The number of carboxylic acid groups (broad SMARTS) is 1. The number of aromatic carboxylic acids is 1. The van der Waals surface area contributed by atoms with Gasteiger partial charge in [-0.25, -0.2) is 4.79 Å². The van der Waals surface area contributed by atoms with E-state index in [1.165, 1.54) is 6.07 Å². The van der Waals surface area contributed by atoms with Gasteiger partial charge in [-0.2, -0.15) is 0 Å². The fourth-order valence-corrected chi connectivity index (χ4v) is 2.34. The molecule has 4 nitrogen and oxygen atoms in total. The van der Waals surface area contributed by atoms with Gasteiger partial charge in [-0.3, -0.25) is 4.21 Å².